The lowest BCUT2D eigenvalue weighted by Gasteiger charge is -2.10. The lowest BCUT2D eigenvalue weighted by Crippen LogP contribution is -2.19. The molecule has 0 fully saturated rings. The number of amidine groups is 1. The van der Waals surface area contributed by atoms with Crippen LogP contribution in [0, 0.1) is 0 Å². The number of halogens is 3. The highest BCUT2D eigenvalue weighted by molar-refractivity contribution is 9.12. The number of thiophene rings is 1. The van der Waals surface area contributed by atoms with Gasteiger partial charge in [-0.15, -0.1) is 11.3 Å². The van der Waals surface area contributed by atoms with Gasteiger partial charge in [0.15, 0.2) is 5.84 Å². The van der Waals surface area contributed by atoms with Crippen molar-refractivity contribution in [3.63, 3.8) is 0 Å². The van der Waals surface area contributed by atoms with Crippen LogP contribution < -0.4 is 11.1 Å². The number of nitrogens with zero attached hydrogens (tertiary/aromatic N) is 1. The topological polar surface area (TPSA) is 87.7 Å². The van der Waals surface area contributed by atoms with Crippen LogP contribution >= 0.6 is 59.1 Å². The third kappa shape index (κ3) is 3.85. The fraction of sp³-hybridized carbons (Fsp3) is 0. The van der Waals surface area contributed by atoms with E-state index in [0.29, 0.717) is 20.6 Å². The van der Waals surface area contributed by atoms with Crippen LogP contribution in [-0.2, 0) is 0 Å². The number of anilines is 1. The predicted octanol–water partition coefficient (Wildman–Crippen LogP) is 4.38. The van der Waals surface area contributed by atoms with Gasteiger partial charge in [0.2, 0.25) is 0 Å². The summed E-state index contributed by atoms with van der Waals surface area (Å²) in [6, 6.07) is 6.78. The van der Waals surface area contributed by atoms with Crippen LogP contribution in [0.4, 0.5) is 5.69 Å². The molecule has 0 saturated carbocycles. The predicted molar refractivity (Wildman–Crippen MR) is 94.3 cm³/mol. The van der Waals surface area contributed by atoms with Crippen molar-refractivity contribution in [2.75, 3.05) is 5.32 Å². The molecule has 0 spiro atoms. The van der Waals surface area contributed by atoms with Gasteiger partial charge in [0.25, 0.3) is 5.91 Å². The van der Waals surface area contributed by atoms with Crippen LogP contribution in [0.2, 0.25) is 0 Å². The first-order valence-electron chi connectivity index (χ1n) is 5.46. The van der Waals surface area contributed by atoms with Gasteiger partial charge in [-0.1, -0.05) is 21.1 Å². The van der Waals surface area contributed by atoms with Gasteiger partial charge < -0.3 is 16.3 Å². The second-order valence-electron chi connectivity index (χ2n) is 3.87. The first kappa shape index (κ1) is 16.5. The Morgan fingerprint density at radius 2 is 1.95 bits per heavy atom. The molecule has 1 aromatic carbocycles. The Morgan fingerprint density at radius 1 is 1.24 bits per heavy atom. The van der Waals surface area contributed by atoms with Gasteiger partial charge in [-0.05, 0) is 56.1 Å². The Balaban J connectivity index is 2.37. The van der Waals surface area contributed by atoms with Crippen molar-refractivity contribution in [1.82, 2.24) is 0 Å². The minimum Gasteiger partial charge on any atom is -0.409 e. The van der Waals surface area contributed by atoms with Gasteiger partial charge in [0.1, 0.15) is 0 Å². The van der Waals surface area contributed by atoms with E-state index in [-0.39, 0.29) is 11.7 Å². The van der Waals surface area contributed by atoms with Crippen molar-refractivity contribution in [3.05, 3.63) is 47.4 Å². The molecule has 1 amide bonds. The molecule has 0 saturated heterocycles. The molecule has 0 aliphatic rings. The van der Waals surface area contributed by atoms with E-state index < -0.39 is 0 Å². The van der Waals surface area contributed by atoms with Gasteiger partial charge >= 0.3 is 0 Å². The van der Waals surface area contributed by atoms with Crippen LogP contribution in [0.15, 0.2) is 41.5 Å². The van der Waals surface area contributed by atoms with E-state index in [4.69, 9.17) is 10.9 Å². The van der Waals surface area contributed by atoms with E-state index in [1.807, 2.05) is 0 Å². The smallest absolute Gasteiger partial charge is 0.257 e. The number of hydrogen-bond acceptors (Lipinski definition) is 4. The number of nitrogens with two attached hydrogens (primary N) is 1. The second-order valence-corrected chi connectivity index (χ2v) is 8.53. The molecule has 4 N–H and O–H groups in total. The SMILES string of the molecule is N/C(=N/O)c1ccc(Br)cc1NC(=O)c1cc(Br)sc1Br. The summed E-state index contributed by atoms with van der Waals surface area (Å²) in [6.45, 7) is 0. The number of amides is 1. The maximum absolute atomic E-state index is 12.3. The van der Waals surface area contributed by atoms with E-state index in [9.17, 15) is 4.79 Å². The van der Waals surface area contributed by atoms with Crippen LogP contribution in [0.25, 0.3) is 0 Å². The molecule has 0 radical (unpaired) electrons. The van der Waals surface area contributed by atoms with Crippen LogP contribution in [0.5, 0.6) is 0 Å². The molecule has 21 heavy (non-hydrogen) atoms. The van der Waals surface area contributed by atoms with Crippen molar-refractivity contribution < 1.29 is 10.0 Å². The number of nitrogens with one attached hydrogen (secondary N) is 1. The number of oxime groups is 1. The average molecular weight is 498 g/mol. The maximum Gasteiger partial charge on any atom is 0.257 e. The summed E-state index contributed by atoms with van der Waals surface area (Å²) in [4.78, 5) is 12.3. The van der Waals surface area contributed by atoms with Crippen LogP contribution in [0.1, 0.15) is 15.9 Å². The molecule has 1 aromatic heterocycles. The minimum absolute atomic E-state index is 0.0802. The maximum atomic E-state index is 12.3. The molecule has 1 heterocycles. The summed E-state index contributed by atoms with van der Waals surface area (Å²) < 4.78 is 2.32. The fourth-order valence-electron chi connectivity index (χ4n) is 1.58. The zero-order chi connectivity index (χ0) is 15.6. The Labute approximate surface area is 149 Å². The second kappa shape index (κ2) is 6.91. The van der Waals surface area contributed by atoms with Crippen molar-refractivity contribution in [1.29, 1.82) is 0 Å². The molecule has 9 heteroatoms. The highest BCUT2D eigenvalue weighted by Crippen LogP contribution is 2.32. The van der Waals surface area contributed by atoms with E-state index in [2.05, 4.69) is 58.3 Å². The average Bonchev–Trinajstić information content (AvgIpc) is 2.77. The Bertz CT molecular complexity index is 731. The highest BCUT2D eigenvalue weighted by atomic mass is 79.9. The molecular formula is C12H8Br3N3O2S. The largest absolute Gasteiger partial charge is 0.409 e. The molecule has 2 aromatic rings. The third-order valence-corrected chi connectivity index (χ3v) is 5.35. The summed E-state index contributed by atoms with van der Waals surface area (Å²) in [7, 11) is 0. The van der Waals surface area contributed by atoms with Gasteiger partial charge in [0, 0.05) is 10.0 Å². The number of benzene rings is 1. The Hall–Kier alpha value is -0.900. The van der Waals surface area contributed by atoms with E-state index >= 15 is 0 Å². The summed E-state index contributed by atoms with van der Waals surface area (Å²) in [5, 5.41) is 14.5. The van der Waals surface area contributed by atoms with Gasteiger partial charge in [-0.3, -0.25) is 4.79 Å². The Morgan fingerprint density at radius 3 is 2.52 bits per heavy atom. The number of hydrogen-bond donors (Lipinski definition) is 3. The van der Waals surface area contributed by atoms with Crippen molar-refractivity contribution in [2.24, 2.45) is 10.9 Å². The highest BCUT2D eigenvalue weighted by Gasteiger charge is 2.16. The monoisotopic (exact) mass is 495 g/mol. The number of rotatable bonds is 3. The first-order valence-corrected chi connectivity index (χ1v) is 8.65. The lowest BCUT2D eigenvalue weighted by molar-refractivity contribution is 0.102. The van der Waals surface area contributed by atoms with Crippen molar-refractivity contribution in [3.8, 4) is 0 Å². The molecule has 0 unspecified atom stereocenters. The first-order chi connectivity index (χ1) is 9.92. The van der Waals surface area contributed by atoms with Crippen molar-refractivity contribution >= 4 is 76.6 Å². The number of carbonyl (C=O) groups is 1. The fourth-order valence-corrected chi connectivity index (χ4v) is 4.74. The molecule has 110 valence electrons. The Kier molecular flexibility index (Phi) is 5.42. The van der Waals surface area contributed by atoms with Gasteiger partial charge in [0.05, 0.1) is 18.8 Å². The normalized spacial score (nSPS) is 11.5. The summed E-state index contributed by atoms with van der Waals surface area (Å²) >= 11 is 11.4. The quantitative estimate of drug-likeness (QED) is 0.254. The third-order valence-electron chi connectivity index (χ3n) is 2.51. The molecule has 0 aliphatic carbocycles. The summed E-state index contributed by atoms with van der Waals surface area (Å²) in [5.41, 5.74) is 6.98. The number of carbonyl (C=O) groups excluding carboxylic acids is 1. The molecule has 0 atom stereocenters. The van der Waals surface area contributed by atoms with E-state index in [1.165, 1.54) is 11.3 Å². The van der Waals surface area contributed by atoms with Gasteiger partial charge in [-0.25, -0.2) is 0 Å². The summed E-state index contributed by atoms with van der Waals surface area (Å²) in [6.07, 6.45) is 0. The molecule has 0 aliphatic heterocycles. The minimum atomic E-state index is -0.297. The zero-order valence-corrected chi connectivity index (χ0v) is 15.8. The van der Waals surface area contributed by atoms with Crippen LogP contribution in [-0.4, -0.2) is 17.0 Å². The van der Waals surface area contributed by atoms with E-state index in [1.54, 1.807) is 24.3 Å². The molecule has 2 rings (SSSR count). The molecule has 5 nitrogen and oxygen atoms in total. The van der Waals surface area contributed by atoms with Crippen LogP contribution in [0.3, 0.4) is 0 Å². The molecule has 0 bridgehead atoms. The standard InChI is InChI=1S/C12H8Br3N3O2S/c13-5-1-2-6(11(16)18-20)8(3-5)17-12(19)7-4-9(14)21-10(7)15/h1-4,20H,(H2,16,18)(H,17,19). The van der Waals surface area contributed by atoms with Crippen molar-refractivity contribution in [2.45, 2.75) is 0 Å². The lowest BCUT2D eigenvalue weighted by atomic mass is 10.1. The van der Waals surface area contributed by atoms with Gasteiger partial charge in [-0.2, -0.15) is 0 Å². The van der Waals surface area contributed by atoms with E-state index in [0.717, 1.165) is 8.26 Å². The summed E-state index contributed by atoms with van der Waals surface area (Å²) in [5.74, 6) is -0.378. The zero-order valence-electron chi connectivity index (χ0n) is 10.2. The molecular weight excluding hydrogens is 490 g/mol.